The van der Waals surface area contributed by atoms with Gasteiger partial charge in [0.1, 0.15) is 0 Å². The molecular formula is C20H52O4Zn4-4. The van der Waals surface area contributed by atoms with E-state index in [1.54, 1.807) is 83.1 Å². The third kappa shape index (κ3) is 3890. The Morgan fingerprint density at radius 2 is 0.286 bits per heavy atom. The van der Waals surface area contributed by atoms with Gasteiger partial charge in [0.15, 0.2) is 0 Å². The maximum atomic E-state index is 8.52. The van der Waals surface area contributed by atoms with Gasteiger partial charge in [-0.3, -0.25) is 0 Å². The van der Waals surface area contributed by atoms with E-state index in [1.165, 1.54) is 0 Å². The molecule has 0 fully saturated rings. The van der Waals surface area contributed by atoms with Gasteiger partial charge in [0.2, 0.25) is 0 Å². The summed E-state index contributed by atoms with van der Waals surface area (Å²) in [6, 6.07) is 0. The Morgan fingerprint density at radius 1 is 0.286 bits per heavy atom. The van der Waals surface area contributed by atoms with Gasteiger partial charge in [0.25, 0.3) is 0 Å². The van der Waals surface area contributed by atoms with Crippen molar-refractivity contribution >= 4 is 0 Å². The summed E-state index contributed by atoms with van der Waals surface area (Å²) in [4.78, 5) is 0. The Morgan fingerprint density at radius 3 is 0.286 bits per heavy atom. The summed E-state index contributed by atoms with van der Waals surface area (Å²) in [6.07, 6.45) is 0. The van der Waals surface area contributed by atoms with Crippen molar-refractivity contribution in [3.05, 3.63) is 29.7 Å². The van der Waals surface area contributed by atoms with E-state index in [4.69, 9.17) is 20.4 Å². The number of rotatable bonds is 0. The van der Waals surface area contributed by atoms with Crippen molar-refractivity contribution in [2.75, 3.05) is 0 Å². The topological polar surface area (TPSA) is 80.9 Å². The third-order valence-electron chi connectivity index (χ3n) is 0. The average molecular weight is 618 g/mol. The second-order valence-electron chi connectivity index (χ2n) is 8.68. The molecule has 0 aliphatic heterocycles. The minimum Gasteiger partial charge on any atom is -0.391 e. The van der Waals surface area contributed by atoms with Crippen molar-refractivity contribution in [3.8, 4) is 0 Å². The summed E-state index contributed by atoms with van der Waals surface area (Å²) in [5.74, 6) is 0. The standard InChI is InChI=1S/4C4H10O.4CH3.4Zn/c4*1-4(2,3)5;;;;;;;;/h4*5H,1-3H3;4*1H3;;;;/q;;;;4*-1;;;;. The Hall–Kier alpha value is 2.33. The van der Waals surface area contributed by atoms with Crippen LogP contribution in [0.25, 0.3) is 0 Å². The molecule has 0 aromatic heterocycles. The first-order chi connectivity index (χ1) is 8.00. The van der Waals surface area contributed by atoms with Gasteiger partial charge in [0, 0.05) is 77.9 Å². The number of hydrogen-bond donors (Lipinski definition) is 4. The van der Waals surface area contributed by atoms with Gasteiger partial charge in [-0.25, -0.2) is 0 Å². The van der Waals surface area contributed by atoms with Crippen LogP contribution in [0.1, 0.15) is 83.1 Å². The first kappa shape index (κ1) is 77.7. The molecule has 0 amide bonds. The molecule has 168 valence electrons. The molecule has 0 aromatic carbocycles. The summed E-state index contributed by atoms with van der Waals surface area (Å²) >= 11 is 0. The molecular weight excluding hydrogens is 566 g/mol. The molecule has 0 rings (SSSR count). The van der Waals surface area contributed by atoms with Gasteiger partial charge in [-0.1, -0.05) is 0 Å². The molecule has 28 heavy (non-hydrogen) atoms. The van der Waals surface area contributed by atoms with Crippen LogP contribution in [0.4, 0.5) is 0 Å². The van der Waals surface area contributed by atoms with Crippen LogP contribution >= 0.6 is 0 Å². The van der Waals surface area contributed by atoms with E-state index in [0.717, 1.165) is 0 Å². The molecule has 0 atom stereocenters. The molecule has 0 bridgehead atoms. The van der Waals surface area contributed by atoms with Crippen LogP contribution in [0.2, 0.25) is 0 Å². The quantitative estimate of drug-likeness (QED) is 0.230. The Bertz CT molecular complexity index is 142. The predicted molar refractivity (Wildman–Crippen MR) is 114 cm³/mol. The van der Waals surface area contributed by atoms with Crippen molar-refractivity contribution in [2.24, 2.45) is 0 Å². The van der Waals surface area contributed by atoms with Gasteiger partial charge in [-0.05, 0) is 83.1 Å². The van der Waals surface area contributed by atoms with Crippen molar-refractivity contribution < 1.29 is 98.3 Å². The second kappa shape index (κ2) is 34.0. The summed E-state index contributed by atoms with van der Waals surface area (Å²) in [5, 5.41) is 34.1. The van der Waals surface area contributed by atoms with Crippen molar-refractivity contribution in [1.29, 1.82) is 0 Å². The zero-order valence-corrected chi connectivity index (χ0v) is 34.5. The van der Waals surface area contributed by atoms with Gasteiger partial charge >= 0.3 is 0 Å². The molecule has 0 unspecified atom stereocenters. The molecule has 0 spiro atoms. The zero-order chi connectivity index (χ0) is 18.0. The molecule has 8 heteroatoms. The molecule has 0 aromatic rings. The first-order valence-electron chi connectivity index (χ1n) is 6.89. The van der Waals surface area contributed by atoms with Crippen molar-refractivity contribution in [3.63, 3.8) is 0 Å². The Labute approximate surface area is 231 Å². The van der Waals surface area contributed by atoms with Crippen LogP contribution in [0, 0.1) is 29.7 Å². The van der Waals surface area contributed by atoms with Crippen molar-refractivity contribution in [2.45, 2.75) is 105 Å². The fourth-order valence-electron chi connectivity index (χ4n) is 0. The van der Waals surface area contributed by atoms with Gasteiger partial charge in [-0.2, -0.15) is 0 Å². The molecule has 0 aliphatic carbocycles. The molecule has 0 heterocycles. The monoisotopic (exact) mass is 612 g/mol. The molecule has 0 saturated carbocycles. The summed E-state index contributed by atoms with van der Waals surface area (Å²) in [6.45, 7) is 20.9. The maximum absolute atomic E-state index is 8.52. The number of aliphatic hydroxyl groups is 4. The van der Waals surface area contributed by atoms with E-state index in [-0.39, 0.29) is 108 Å². The normalized spacial score (nSPS) is 8.57. The van der Waals surface area contributed by atoms with E-state index < -0.39 is 22.4 Å². The minimum absolute atomic E-state index is 0. The number of hydrogen-bond acceptors (Lipinski definition) is 4. The average Bonchev–Trinajstić information content (AvgIpc) is 1.62. The molecule has 0 radical (unpaired) electrons. The molecule has 0 saturated heterocycles. The van der Waals surface area contributed by atoms with Crippen LogP contribution in [0.15, 0.2) is 0 Å². The Balaban J connectivity index is -0.0000000111. The smallest absolute Gasteiger partial charge is 0.0563 e. The fourth-order valence-corrected chi connectivity index (χ4v) is 0. The third-order valence-corrected chi connectivity index (χ3v) is 0. The van der Waals surface area contributed by atoms with Gasteiger partial charge in [-0.15, -0.1) is 0 Å². The van der Waals surface area contributed by atoms with Crippen LogP contribution in [0.5, 0.6) is 0 Å². The van der Waals surface area contributed by atoms with E-state index in [0.29, 0.717) is 0 Å². The van der Waals surface area contributed by atoms with Crippen LogP contribution < -0.4 is 0 Å². The van der Waals surface area contributed by atoms with E-state index in [9.17, 15) is 0 Å². The summed E-state index contributed by atoms with van der Waals surface area (Å²) in [5.41, 5.74) is -2.00. The van der Waals surface area contributed by atoms with E-state index in [2.05, 4.69) is 0 Å². The molecule has 0 aliphatic rings. The van der Waals surface area contributed by atoms with E-state index in [1.807, 2.05) is 0 Å². The first-order valence-corrected chi connectivity index (χ1v) is 6.89. The minimum atomic E-state index is -0.500. The second-order valence-corrected chi connectivity index (χ2v) is 8.68. The maximum Gasteiger partial charge on any atom is 0.0563 e. The van der Waals surface area contributed by atoms with Crippen LogP contribution in [-0.4, -0.2) is 42.8 Å². The van der Waals surface area contributed by atoms with Crippen molar-refractivity contribution in [1.82, 2.24) is 0 Å². The van der Waals surface area contributed by atoms with Gasteiger partial charge in [0.05, 0.1) is 22.4 Å². The fraction of sp³-hybridized carbons (Fsp3) is 0.800. The van der Waals surface area contributed by atoms with E-state index >= 15 is 0 Å². The van der Waals surface area contributed by atoms with Gasteiger partial charge < -0.3 is 50.1 Å². The SMILES string of the molecule is CC(C)(C)O.CC(C)(C)O.CC(C)(C)O.CC(C)(C)O.[CH3-].[CH3-].[CH3-].[CH3-].[Zn].[Zn].[Zn].[Zn]. The summed E-state index contributed by atoms with van der Waals surface area (Å²) in [7, 11) is 0. The molecule has 4 N–H and O–H groups in total. The van der Waals surface area contributed by atoms with Crippen LogP contribution in [0.3, 0.4) is 0 Å². The largest absolute Gasteiger partial charge is 0.391 e. The van der Waals surface area contributed by atoms with Crippen LogP contribution in [-0.2, 0) is 77.9 Å². The zero-order valence-electron chi connectivity index (χ0n) is 22.6. The predicted octanol–water partition coefficient (Wildman–Crippen LogP) is 4.90. The summed E-state index contributed by atoms with van der Waals surface area (Å²) < 4.78 is 0. The molecule has 4 nitrogen and oxygen atoms in total. The Kier molecular flexibility index (Phi) is 94.2.